The molecule has 2 aromatic carbocycles. The number of hydrogen-bond acceptors (Lipinski definition) is 4. The Bertz CT molecular complexity index is 1020. The Hall–Kier alpha value is -2.87. The van der Waals surface area contributed by atoms with E-state index in [1.165, 1.54) is 6.07 Å². The van der Waals surface area contributed by atoms with E-state index in [4.69, 9.17) is 10.8 Å². The molecule has 5 N–H and O–H groups in total. The molecule has 0 saturated carbocycles. The predicted molar refractivity (Wildman–Crippen MR) is 95.4 cm³/mol. The second kappa shape index (κ2) is 7.14. The van der Waals surface area contributed by atoms with E-state index >= 15 is 0 Å². The van der Waals surface area contributed by atoms with E-state index in [2.05, 4.69) is 25.9 Å². The van der Waals surface area contributed by atoms with Crippen molar-refractivity contribution in [2.75, 3.05) is 5.73 Å². The van der Waals surface area contributed by atoms with E-state index in [-0.39, 0.29) is 11.1 Å². The molecule has 7 nitrogen and oxygen atoms in total. The number of hydrogen-bond donors (Lipinski definition) is 4. The van der Waals surface area contributed by atoms with Gasteiger partial charge in [0.2, 0.25) is 0 Å². The maximum atomic E-state index is 11.3. The van der Waals surface area contributed by atoms with Gasteiger partial charge in [0, 0.05) is 10.2 Å². The largest absolute Gasteiger partial charge is 0.478 e. The van der Waals surface area contributed by atoms with Gasteiger partial charge >= 0.3 is 11.7 Å². The molecule has 0 atom stereocenters. The number of rotatable bonds is 1. The number of fused-ring (bicyclic) bond motifs is 1. The van der Waals surface area contributed by atoms with E-state index in [1.54, 1.807) is 37.3 Å². The molecule has 124 valence electrons. The number of carboxylic acids is 1. The van der Waals surface area contributed by atoms with Crippen molar-refractivity contribution in [2.24, 2.45) is 0 Å². The van der Waals surface area contributed by atoms with Crippen molar-refractivity contribution in [3.05, 3.63) is 72.8 Å². The van der Waals surface area contributed by atoms with Gasteiger partial charge in [-0.1, -0.05) is 18.2 Å². The van der Waals surface area contributed by atoms with Gasteiger partial charge < -0.3 is 15.8 Å². The van der Waals surface area contributed by atoms with Crippen LogP contribution in [0.2, 0.25) is 0 Å². The second-order valence-electron chi connectivity index (χ2n) is 4.91. The first-order valence-corrected chi connectivity index (χ1v) is 7.59. The van der Waals surface area contributed by atoms with Gasteiger partial charge in [0.25, 0.3) is 5.56 Å². The van der Waals surface area contributed by atoms with Crippen molar-refractivity contribution in [3.8, 4) is 0 Å². The number of aromatic nitrogens is 2. The number of aromatic carboxylic acids is 1. The van der Waals surface area contributed by atoms with Crippen LogP contribution in [0.1, 0.15) is 15.9 Å². The highest BCUT2D eigenvalue weighted by Crippen LogP contribution is 2.17. The number of anilines is 1. The number of halogens is 1. The summed E-state index contributed by atoms with van der Waals surface area (Å²) in [6.07, 6.45) is 0. The molecule has 1 heterocycles. The Balaban J connectivity index is 0.000000177. The third-order valence-corrected chi connectivity index (χ3v) is 3.94. The fraction of sp³-hybridized carbons (Fsp3) is 0.0625. The molecular weight excluding hydrogens is 378 g/mol. The van der Waals surface area contributed by atoms with E-state index in [9.17, 15) is 14.4 Å². The molecule has 0 aliphatic carbocycles. The van der Waals surface area contributed by atoms with Crippen molar-refractivity contribution in [3.63, 3.8) is 0 Å². The molecule has 0 aliphatic heterocycles. The van der Waals surface area contributed by atoms with E-state index in [0.717, 1.165) is 5.56 Å². The number of H-pyrrole nitrogens is 2. The van der Waals surface area contributed by atoms with Crippen LogP contribution >= 0.6 is 15.9 Å². The van der Waals surface area contributed by atoms with Gasteiger partial charge in [0.15, 0.2) is 0 Å². The van der Waals surface area contributed by atoms with Gasteiger partial charge in [-0.05, 0) is 46.6 Å². The summed E-state index contributed by atoms with van der Waals surface area (Å²) in [6.45, 7) is 1.78. The van der Waals surface area contributed by atoms with E-state index < -0.39 is 11.7 Å². The molecule has 0 amide bonds. The Morgan fingerprint density at radius 1 is 1.12 bits per heavy atom. The number of nitrogens with one attached hydrogen (secondary N) is 2. The van der Waals surface area contributed by atoms with Crippen LogP contribution in [0, 0.1) is 6.92 Å². The first-order valence-electron chi connectivity index (χ1n) is 6.80. The van der Waals surface area contributed by atoms with Crippen LogP contribution in [0.3, 0.4) is 0 Å². The van der Waals surface area contributed by atoms with E-state index in [1.807, 2.05) is 0 Å². The van der Waals surface area contributed by atoms with Gasteiger partial charge in [0.1, 0.15) is 0 Å². The molecular formula is C16H14BrN3O4. The molecule has 0 spiro atoms. The van der Waals surface area contributed by atoms with Gasteiger partial charge in [0.05, 0.1) is 16.5 Å². The molecule has 3 rings (SSSR count). The van der Waals surface area contributed by atoms with Crippen LogP contribution in [-0.4, -0.2) is 21.0 Å². The number of nitrogens with two attached hydrogens (primary N) is 1. The first kappa shape index (κ1) is 17.5. The van der Waals surface area contributed by atoms with Crippen LogP contribution in [0.4, 0.5) is 5.69 Å². The third-order valence-electron chi connectivity index (χ3n) is 3.28. The van der Waals surface area contributed by atoms with Gasteiger partial charge in [-0.25, -0.2) is 9.59 Å². The molecule has 24 heavy (non-hydrogen) atoms. The molecule has 8 heteroatoms. The predicted octanol–water partition coefficient (Wildman–Crippen LogP) is 2.25. The smallest absolute Gasteiger partial charge is 0.337 e. The number of para-hydroxylation sites is 2. The summed E-state index contributed by atoms with van der Waals surface area (Å²) in [6, 6.07) is 10.1. The lowest BCUT2D eigenvalue weighted by Crippen LogP contribution is -2.21. The number of carbonyl (C=O) groups is 1. The molecule has 3 aromatic rings. The van der Waals surface area contributed by atoms with Crippen LogP contribution < -0.4 is 17.0 Å². The van der Waals surface area contributed by atoms with Crippen LogP contribution in [0.5, 0.6) is 0 Å². The number of benzene rings is 2. The fourth-order valence-corrected chi connectivity index (χ4v) is 2.49. The molecule has 1 aromatic heterocycles. The summed E-state index contributed by atoms with van der Waals surface area (Å²) in [7, 11) is 0. The molecule has 0 unspecified atom stereocenters. The summed E-state index contributed by atoms with van der Waals surface area (Å²) in [5.74, 6) is -0.980. The van der Waals surface area contributed by atoms with Gasteiger partial charge in [-0.15, -0.1) is 0 Å². The lowest BCUT2D eigenvalue weighted by molar-refractivity contribution is 0.0698. The first-order chi connectivity index (χ1) is 11.3. The van der Waals surface area contributed by atoms with E-state index in [0.29, 0.717) is 21.1 Å². The van der Waals surface area contributed by atoms with Crippen LogP contribution in [0.15, 0.2) is 50.5 Å². The zero-order valence-electron chi connectivity index (χ0n) is 12.6. The number of nitrogen functional groups attached to an aromatic ring is 1. The Morgan fingerprint density at radius 2 is 1.79 bits per heavy atom. The zero-order valence-corrected chi connectivity index (χ0v) is 14.2. The summed E-state index contributed by atoms with van der Waals surface area (Å²) in [5, 5.41) is 9.08. The fourth-order valence-electron chi connectivity index (χ4n) is 2.02. The number of aromatic amines is 2. The molecule has 0 fully saturated rings. The topological polar surface area (TPSA) is 129 Å². The molecule has 0 saturated heterocycles. The summed E-state index contributed by atoms with van der Waals surface area (Å²) in [5.41, 5.74) is 6.47. The van der Waals surface area contributed by atoms with Crippen molar-refractivity contribution < 1.29 is 9.90 Å². The Morgan fingerprint density at radius 3 is 2.42 bits per heavy atom. The Kier molecular flexibility index (Phi) is 5.20. The minimum atomic E-state index is -0.980. The normalized spacial score (nSPS) is 10.1. The average molecular weight is 392 g/mol. The number of aryl methyl sites for hydroxylation is 1. The van der Waals surface area contributed by atoms with Crippen molar-refractivity contribution in [2.45, 2.75) is 6.92 Å². The van der Waals surface area contributed by atoms with Gasteiger partial charge in [-0.3, -0.25) is 9.78 Å². The zero-order chi connectivity index (χ0) is 17.9. The monoisotopic (exact) mass is 391 g/mol. The van der Waals surface area contributed by atoms with Crippen LogP contribution in [-0.2, 0) is 0 Å². The maximum Gasteiger partial charge on any atom is 0.337 e. The lowest BCUT2D eigenvalue weighted by atomic mass is 10.1. The van der Waals surface area contributed by atoms with Crippen molar-refractivity contribution in [1.29, 1.82) is 0 Å². The van der Waals surface area contributed by atoms with Crippen molar-refractivity contribution >= 4 is 38.5 Å². The Labute approximate surface area is 144 Å². The maximum absolute atomic E-state index is 11.3. The molecule has 0 aliphatic rings. The minimum Gasteiger partial charge on any atom is -0.478 e. The standard InChI is InChI=1S/C8H5BrN2O2.C8H9NO2/c9-5-3-1-2-4-6(5)10-8(13)11-7(4)12;1-5-3-2-4-6(7(5)9)8(10)11/h1-3H,(H2,10,11,12,13);2-4H,9H2,1H3,(H,10,11). The third kappa shape index (κ3) is 3.72. The molecule has 0 bridgehead atoms. The summed E-state index contributed by atoms with van der Waals surface area (Å²) < 4.78 is 0.702. The second-order valence-corrected chi connectivity index (χ2v) is 5.77. The quantitative estimate of drug-likeness (QED) is 0.472. The average Bonchev–Trinajstić information content (AvgIpc) is 2.51. The SMILES string of the molecule is Cc1cccc(C(=O)O)c1N.O=c1[nH]c(=O)c2cccc(Br)c2[nH]1. The van der Waals surface area contributed by atoms with Crippen molar-refractivity contribution in [1.82, 2.24) is 9.97 Å². The molecule has 0 radical (unpaired) electrons. The summed E-state index contributed by atoms with van der Waals surface area (Å²) in [4.78, 5) is 37.4. The van der Waals surface area contributed by atoms with Gasteiger partial charge in [-0.2, -0.15) is 0 Å². The highest BCUT2D eigenvalue weighted by atomic mass is 79.9. The highest BCUT2D eigenvalue weighted by Gasteiger charge is 2.07. The lowest BCUT2D eigenvalue weighted by Gasteiger charge is -2.02. The minimum absolute atomic E-state index is 0.171. The summed E-state index contributed by atoms with van der Waals surface area (Å²) >= 11 is 3.24. The number of carboxylic acid groups (broad SMARTS) is 1. The van der Waals surface area contributed by atoms with Crippen LogP contribution in [0.25, 0.3) is 10.9 Å². The highest BCUT2D eigenvalue weighted by molar-refractivity contribution is 9.10.